The SMILES string of the molecule is O=C(NS(=O)(=O)Cc1ccccc1)c1ccc(CN2CCC(NC3CC3c3ccccc3)CC2)cc1. The lowest BCUT2D eigenvalue weighted by Crippen LogP contribution is -2.43. The second kappa shape index (κ2) is 10.9. The molecule has 6 nitrogen and oxygen atoms in total. The predicted molar refractivity (Wildman–Crippen MR) is 142 cm³/mol. The first kappa shape index (κ1) is 24.7. The van der Waals surface area contributed by atoms with Crippen LogP contribution in [-0.2, 0) is 22.3 Å². The summed E-state index contributed by atoms with van der Waals surface area (Å²) in [6, 6.07) is 28.0. The molecule has 7 heteroatoms. The maximum atomic E-state index is 12.5. The zero-order valence-electron chi connectivity index (χ0n) is 20.3. The molecule has 2 N–H and O–H groups in total. The smallest absolute Gasteiger partial charge is 0.264 e. The Balaban J connectivity index is 1.06. The largest absolute Gasteiger partial charge is 0.311 e. The highest BCUT2D eigenvalue weighted by atomic mass is 32.2. The third-order valence-corrected chi connectivity index (χ3v) is 8.34. The van der Waals surface area contributed by atoms with E-state index in [1.165, 1.54) is 12.0 Å². The predicted octanol–water partition coefficient (Wildman–Crippen LogP) is 4.06. The highest BCUT2D eigenvalue weighted by Gasteiger charge is 2.39. The minimum Gasteiger partial charge on any atom is -0.311 e. The van der Waals surface area contributed by atoms with Crippen LogP contribution >= 0.6 is 0 Å². The van der Waals surface area contributed by atoms with E-state index in [9.17, 15) is 13.2 Å². The topological polar surface area (TPSA) is 78.5 Å². The molecule has 1 saturated carbocycles. The van der Waals surface area contributed by atoms with Gasteiger partial charge >= 0.3 is 0 Å². The third-order valence-electron chi connectivity index (χ3n) is 7.13. The van der Waals surface area contributed by atoms with Crippen LogP contribution in [0.5, 0.6) is 0 Å². The normalized spacial score (nSPS) is 20.7. The highest BCUT2D eigenvalue weighted by Crippen LogP contribution is 2.41. The molecule has 5 rings (SSSR count). The third kappa shape index (κ3) is 6.60. The summed E-state index contributed by atoms with van der Waals surface area (Å²) in [6.45, 7) is 2.91. The summed E-state index contributed by atoms with van der Waals surface area (Å²) in [7, 11) is -3.76. The summed E-state index contributed by atoms with van der Waals surface area (Å²) in [5.41, 5.74) is 3.55. The van der Waals surface area contributed by atoms with E-state index in [2.05, 4.69) is 45.3 Å². The van der Waals surface area contributed by atoms with Crippen LogP contribution in [0.15, 0.2) is 84.9 Å². The fourth-order valence-electron chi connectivity index (χ4n) is 5.06. The number of amides is 1. The number of rotatable bonds is 9. The molecule has 1 aliphatic heterocycles. The molecule has 1 saturated heterocycles. The molecule has 188 valence electrons. The van der Waals surface area contributed by atoms with Crippen LogP contribution in [0.2, 0.25) is 0 Å². The lowest BCUT2D eigenvalue weighted by molar-refractivity contribution is 0.0981. The Morgan fingerprint density at radius 2 is 1.47 bits per heavy atom. The molecule has 2 unspecified atom stereocenters. The van der Waals surface area contributed by atoms with Gasteiger partial charge in [0.15, 0.2) is 0 Å². The average molecular weight is 504 g/mol. The lowest BCUT2D eigenvalue weighted by atomic mass is 10.0. The number of carbonyl (C=O) groups excluding carboxylic acids is 1. The number of nitrogens with one attached hydrogen (secondary N) is 2. The van der Waals surface area contributed by atoms with Crippen molar-refractivity contribution in [1.29, 1.82) is 0 Å². The van der Waals surface area contributed by atoms with E-state index >= 15 is 0 Å². The molecule has 1 aliphatic carbocycles. The first-order valence-electron chi connectivity index (χ1n) is 12.7. The van der Waals surface area contributed by atoms with Crippen LogP contribution in [-0.4, -0.2) is 44.4 Å². The fraction of sp³-hybridized carbons (Fsp3) is 0.345. The molecule has 1 heterocycles. The van der Waals surface area contributed by atoms with Gasteiger partial charge < -0.3 is 5.32 Å². The number of hydrogen-bond acceptors (Lipinski definition) is 5. The van der Waals surface area contributed by atoms with Gasteiger partial charge in [-0.25, -0.2) is 13.1 Å². The van der Waals surface area contributed by atoms with Gasteiger partial charge in [0.1, 0.15) is 0 Å². The summed E-state index contributed by atoms with van der Waals surface area (Å²) >= 11 is 0. The molecule has 36 heavy (non-hydrogen) atoms. The second-order valence-corrected chi connectivity index (χ2v) is 11.7. The standard InChI is InChI=1S/C29H33N3O3S/c33-29(31-36(34,35)21-23-7-3-1-4-8-23)25-13-11-22(12-14-25)20-32-17-15-26(16-18-32)30-28-19-27(28)24-9-5-2-6-10-24/h1-14,26-28,30H,15-21H2,(H,31,33). The molecule has 0 radical (unpaired) electrons. The maximum absolute atomic E-state index is 12.5. The Bertz CT molecular complexity index is 1260. The molecule has 3 aromatic carbocycles. The average Bonchev–Trinajstić information content (AvgIpc) is 3.65. The molecule has 0 bridgehead atoms. The van der Waals surface area contributed by atoms with Crippen molar-refractivity contribution in [1.82, 2.24) is 14.9 Å². The van der Waals surface area contributed by atoms with Crippen molar-refractivity contribution in [3.63, 3.8) is 0 Å². The second-order valence-electron chi connectivity index (χ2n) is 9.95. The van der Waals surface area contributed by atoms with E-state index < -0.39 is 15.9 Å². The van der Waals surface area contributed by atoms with E-state index in [1.54, 1.807) is 36.4 Å². The van der Waals surface area contributed by atoms with Crippen LogP contribution in [0.3, 0.4) is 0 Å². The number of sulfonamides is 1. The zero-order chi connectivity index (χ0) is 25.0. The summed E-state index contributed by atoms with van der Waals surface area (Å²) in [5, 5.41) is 3.86. The quantitative estimate of drug-likeness (QED) is 0.461. The molecule has 2 aliphatic rings. The number of piperidine rings is 1. The summed E-state index contributed by atoms with van der Waals surface area (Å²) in [5.74, 6) is -0.164. The first-order chi connectivity index (χ1) is 17.4. The number of nitrogens with zero attached hydrogens (tertiary/aromatic N) is 1. The van der Waals surface area contributed by atoms with Gasteiger partial charge in [-0.3, -0.25) is 9.69 Å². The number of carbonyl (C=O) groups is 1. The number of hydrogen-bond donors (Lipinski definition) is 2. The van der Waals surface area contributed by atoms with Crippen molar-refractivity contribution in [3.8, 4) is 0 Å². The van der Waals surface area contributed by atoms with E-state index in [0.29, 0.717) is 29.1 Å². The highest BCUT2D eigenvalue weighted by molar-refractivity contribution is 7.89. The number of benzene rings is 3. The van der Waals surface area contributed by atoms with Gasteiger partial charge in [0.25, 0.3) is 5.91 Å². The summed E-state index contributed by atoms with van der Waals surface area (Å²) < 4.78 is 26.9. The summed E-state index contributed by atoms with van der Waals surface area (Å²) in [6.07, 6.45) is 3.51. The van der Waals surface area contributed by atoms with Crippen LogP contribution in [0.25, 0.3) is 0 Å². The monoisotopic (exact) mass is 503 g/mol. The van der Waals surface area contributed by atoms with Crippen molar-refractivity contribution < 1.29 is 13.2 Å². The van der Waals surface area contributed by atoms with E-state index in [1.807, 2.05) is 18.2 Å². The van der Waals surface area contributed by atoms with Crippen LogP contribution < -0.4 is 10.0 Å². The van der Waals surface area contributed by atoms with Crippen LogP contribution in [0.1, 0.15) is 52.2 Å². The van der Waals surface area contributed by atoms with Crippen LogP contribution in [0.4, 0.5) is 0 Å². The maximum Gasteiger partial charge on any atom is 0.264 e. The van der Waals surface area contributed by atoms with Gasteiger partial charge in [-0.1, -0.05) is 72.8 Å². The first-order valence-corrected chi connectivity index (χ1v) is 14.3. The molecule has 0 spiro atoms. The molecule has 0 aromatic heterocycles. The van der Waals surface area contributed by atoms with Crippen molar-refractivity contribution in [2.24, 2.45) is 0 Å². The van der Waals surface area contributed by atoms with Crippen LogP contribution in [0, 0.1) is 0 Å². The zero-order valence-corrected chi connectivity index (χ0v) is 21.2. The molecule has 1 amide bonds. The van der Waals surface area contributed by atoms with Gasteiger partial charge in [-0.05, 0) is 61.2 Å². The Labute approximate surface area is 213 Å². The Morgan fingerprint density at radius 1 is 0.833 bits per heavy atom. The Hall–Kier alpha value is -3.00. The van der Waals surface area contributed by atoms with Crippen molar-refractivity contribution >= 4 is 15.9 Å². The van der Waals surface area contributed by atoms with Crippen molar-refractivity contribution in [2.75, 3.05) is 13.1 Å². The van der Waals surface area contributed by atoms with Crippen molar-refractivity contribution in [2.45, 2.75) is 49.6 Å². The Kier molecular flexibility index (Phi) is 7.51. The minimum atomic E-state index is -3.76. The molecular weight excluding hydrogens is 470 g/mol. The van der Waals surface area contributed by atoms with Crippen molar-refractivity contribution in [3.05, 3.63) is 107 Å². The van der Waals surface area contributed by atoms with Gasteiger partial charge in [-0.2, -0.15) is 0 Å². The van der Waals surface area contributed by atoms with E-state index in [4.69, 9.17) is 0 Å². The fourth-order valence-corrected chi connectivity index (χ4v) is 6.16. The van der Waals surface area contributed by atoms with E-state index in [-0.39, 0.29) is 5.75 Å². The van der Waals surface area contributed by atoms with Gasteiger partial charge in [-0.15, -0.1) is 0 Å². The molecule has 2 atom stereocenters. The molecule has 2 fully saturated rings. The lowest BCUT2D eigenvalue weighted by Gasteiger charge is -2.32. The summed E-state index contributed by atoms with van der Waals surface area (Å²) in [4.78, 5) is 14.9. The van der Waals surface area contributed by atoms with E-state index in [0.717, 1.165) is 38.0 Å². The molecular formula is C29H33N3O3S. The van der Waals surface area contributed by atoms with Gasteiger partial charge in [0.05, 0.1) is 5.75 Å². The Morgan fingerprint density at radius 3 is 2.14 bits per heavy atom. The molecule has 3 aromatic rings. The number of likely N-dealkylation sites (tertiary alicyclic amines) is 1. The van der Waals surface area contributed by atoms with Gasteiger partial charge in [0, 0.05) is 30.1 Å². The minimum absolute atomic E-state index is 0.226. The van der Waals surface area contributed by atoms with Gasteiger partial charge in [0.2, 0.25) is 10.0 Å².